The molecular weight excluding hydrogens is 402 g/mol. The zero-order valence-electron chi connectivity index (χ0n) is 16.8. The molecule has 1 N–H and O–H groups in total. The van der Waals surface area contributed by atoms with Crippen molar-refractivity contribution >= 4 is 46.4 Å². The Morgan fingerprint density at radius 2 is 2.03 bits per heavy atom. The van der Waals surface area contributed by atoms with Gasteiger partial charge in [0.2, 0.25) is 11.9 Å². The van der Waals surface area contributed by atoms with Crippen molar-refractivity contribution in [3.63, 3.8) is 0 Å². The number of amides is 1. The fourth-order valence-electron chi connectivity index (χ4n) is 3.60. The lowest BCUT2D eigenvalue weighted by molar-refractivity contribution is -0.135. The van der Waals surface area contributed by atoms with Crippen LogP contribution in [0.5, 0.6) is 0 Å². The number of hydrogen-bond acceptors (Lipinski definition) is 5. The van der Waals surface area contributed by atoms with E-state index in [0.717, 1.165) is 40.0 Å². The van der Waals surface area contributed by atoms with Gasteiger partial charge in [0.1, 0.15) is 23.5 Å². The van der Waals surface area contributed by atoms with Crippen LogP contribution in [0, 0.1) is 12.8 Å². The molecule has 0 saturated carbocycles. The smallest absolute Gasteiger partial charge is 0.241 e. The first kappa shape index (κ1) is 20.2. The van der Waals surface area contributed by atoms with Crippen LogP contribution >= 0.6 is 11.6 Å². The van der Waals surface area contributed by atoms with E-state index in [-0.39, 0.29) is 12.5 Å². The van der Waals surface area contributed by atoms with Crippen LogP contribution in [0.1, 0.15) is 23.8 Å². The van der Waals surface area contributed by atoms with E-state index in [1.165, 1.54) is 4.90 Å². The lowest BCUT2D eigenvalue weighted by atomic mass is 10.1. The summed E-state index contributed by atoms with van der Waals surface area (Å²) in [6, 6.07) is 13.0. The number of nitrogens with one attached hydrogen (secondary N) is 1. The first-order valence-corrected chi connectivity index (χ1v) is 10.2. The molecule has 3 aromatic rings. The Labute approximate surface area is 179 Å². The molecule has 1 amide bonds. The van der Waals surface area contributed by atoms with Crippen LogP contribution < -0.4 is 5.32 Å². The summed E-state index contributed by atoms with van der Waals surface area (Å²) in [5.74, 6) is 0.342. The van der Waals surface area contributed by atoms with E-state index < -0.39 is 5.92 Å². The molecule has 0 fully saturated rings. The number of anilines is 1. The monoisotopic (exact) mass is 423 g/mol. The highest BCUT2D eigenvalue weighted by Crippen LogP contribution is 2.28. The number of hydrogen-bond donors (Lipinski definition) is 1. The van der Waals surface area contributed by atoms with Crippen LogP contribution in [-0.2, 0) is 22.6 Å². The number of nitrogens with zero attached hydrogens (tertiary/aromatic N) is 2. The van der Waals surface area contributed by atoms with Crippen LogP contribution in [0.25, 0.3) is 11.0 Å². The molecule has 1 aliphatic heterocycles. The summed E-state index contributed by atoms with van der Waals surface area (Å²) in [5.41, 5.74) is 3.63. The summed E-state index contributed by atoms with van der Waals surface area (Å²) in [7, 11) is 0. The predicted octanol–water partition coefficient (Wildman–Crippen LogP) is 4.58. The van der Waals surface area contributed by atoms with Gasteiger partial charge in [-0.3, -0.25) is 14.7 Å². The third-order valence-corrected chi connectivity index (χ3v) is 5.56. The number of fused-ring (bicyclic) bond motifs is 1. The number of aryl methyl sites for hydroxylation is 2. The van der Waals surface area contributed by atoms with Crippen LogP contribution in [0.4, 0.5) is 5.69 Å². The van der Waals surface area contributed by atoms with Gasteiger partial charge in [-0.15, -0.1) is 0 Å². The number of benzene rings is 2. The third-order valence-electron chi connectivity index (χ3n) is 5.31. The van der Waals surface area contributed by atoms with Gasteiger partial charge in [-0.25, -0.2) is 0 Å². The summed E-state index contributed by atoms with van der Waals surface area (Å²) in [5, 5.41) is 4.90. The summed E-state index contributed by atoms with van der Waals surface area (Å²) < 4.78 is 5.88. The van der Waals surface area contributed by atoms with Crippen molar-refractivity contribution in [1.82, 2.24) is 4.90 Å². The summed E-state index contributed by atoms with van der Waals surface area (Å²) in [6.07, 6.45) is 1.48. The van der Waals surface area contributed by atoms with Gasteiger partial charge < -0.3 is 14.5 Å². The average Bonchev–Trinajstić information content (AvgIpc) is 3.07. The van der Waals surface area contributed by atoms with Gasteiger partial charge in [-0.1, -0.05) is 30.7 Å². The fourth-order valence-corrected chi connectivity index (χ4v) is 3.73. The number of furan rings is 1. The molecule has 6 nitrogen and oxygen atoms in total. The molecule has 154 valence electrons. The second-order valence-corrected chi connectivity index (χ2v) is 7.73. The third kappa shape index (κ3) is 3.83. The van der Waals surface area contributed by atoms with Crippen molar-refractivity contribution in [3.05, 3.63) is 64.4 Å². The molecule has 2 aromatic carbocycles. The number of halogens is 1. The van der Waals surface area contributed by atoms with Gasteiger partial charge in [0.25, 0.3) is 0 Å². The predicted molar refractivity (Wildman–Crippen MR) is 118 cm³/mol. The zero-order valence-corrected chi connectivity index (χ0v) is 17.6. The van der Waals surface area contributed by atoms with Crippen molar-refractivity contribution in [2.75, 3.05) is 11.9 Å². The first-order valence-electron chi connectivity index (χ1n) is 9.84. The second kappa shape index (κ2) is 8.32. The molecule has 2 heterocycles. The van der Waals surface area contributed by atoms with E-state index in [4.69, 9.17) is 16.0 Å². The number of carbonyl (C=O) groups excluding carboxylic acids is 2. The molecular formula is C23H22ClN3O3. The maximum absolute atomic E-state index is 12.9. The van der Waals surface area contributed by atoms with Crippen LogP contribution in [0.2, 0.25) is 5.02 Å². The Hall–Kier alpha value is -3.12. The minimum Gasteiger partial charge on any atom is -0.461 e. The number of rotatable bonds is 5. The fraction of sp³-hybridized carbons (Fsp3) is 0.261. The van der Waals surface area contributed by atoms with Gasteiger partial charge in [-0.05, 0) is 48.4 Å². The Morgan fingerprint density at radius 1 is 1.27 bits per heavy atom. The molecule has 0 spiro atoms. The van der Waals surface area contributed by atoms with Crippen molar-refractivity contribution in [1.29, 1.82) is 0 Å². The number of aliphatic imine (C=N–C) groups is 1. The zero-order chi connectivity index (χ0) is 21.3. The summed E-state index contributed by atoms with van der Waals surface area (Å²) >= 11 is 5.97. The first-order chi connectivity index (χ1) is 14.5. The van der Waals surface area contributed by atoms with E-state index in [1.54, 1.807) is 12.1 Å². The lowest BCUT2D eigenvalue weighted by Gasteiger charge is -2.30. The van der Waals surface area contributed by atoms with Crippen molar-refractivity contribution < 1.29 is 14.0 Å². The Bertz CT molecular complexity index is 1130. The van der Waals surface area contributed by atoms with E-state index in [2.05, 4.69) is 17.2 Å². The molecule has 0 saturated heterocycles. The van der Waals surface area contributed by atoms with Gasteiger partial charge in [0.15, 0.2) is 0 Å². The van der Waals surface area contributed by atoms with Gasteiger partial charge >= 0.3 is 0 Å². The quantitative estimate of drug-likeness (QED) is 0.481. The van der Waals surface area contributed by atoms with Crippen molar-refractivity contribution in [2.24, 2.45) is 10.9 Å². The maximum atomic E-state index is 12.9. The minimum absolute atomic E-state index is 0.134. The number of carbonyl (C=O) groups is 2. The van der Waals surface area contributed by atoms with E-state index in [1.807, 2.05) is 37.3 Å². The average molecular weight is 424 g/mol. The topological polar surface area (TPSA) is 74.9 Å². The molecule has 1 aliphatic rings. The van der Waals surface area contributed by atoms with E-state index >= 15 is 0 Å². The molecule has 0 bridgehead atoms. The highest BCUT2D eigenvalue weighted by atomic mass is 35.5. The SMILES string of the molecule is CCc1oc2ccc(NC3=NCC(C=O)C(=O)N3Cc3ccc(Cl)cc3)cc2c1C. The molecule has 4 rings (SSSR count). The summed E-state index contributed by atoms with van der Waals surface area (Å²) in [6.45, 7) is 4.52. The minimum atomic E-state index is -0.770. The molecule has 30 heavy (non-hydrogen) atoms. The van der Waals surface area contributed by atoms with Crippen LogP contribution in [-0.4, -0.2) is 29.6 Å². The van der Waals surface area contributed by atoms with Crippen LogP contribution in [0.3, 0.4) is 0 Å². The highest BCUT2D eigenvalue weighted by Gasteiger charge is 2.32. The van der Waals surface area contributed by atoms with Gasteiger partial charge in [0.05, 0.1) is 13.1 Å². The van der Waals surface area contributed by atoms with Crippen molar-refractivity contribution in [2.45, 2.75) is 26.8 Å². The molecule has 1 unspecified atom stereocenters. The van der Waals surface area contributed by atoms with Gasteiger partial charge in [0, 0.05) is 22.5 Å². The molecule has 1 atom stereocenters. The number of aldehydes is 1. The number of guanidine groups is 1. The van der Waals surface area contributed by atoms with Crippen molar-refractivity contribution in [3.8, 4) is 0 Å². The van der Waals surface area contributed by atoms with Gasteiger partial charge in [-0.2, -0.15) is 0 Å². The van der Waals surface area contributed by atoms with E-state index in [0.29, 0.717) is 23.8 Å². The van der Waals surface area contributed by atoms with Crippen LogP contribution in [0.15, 0.2) is 51.9 Å². The summed E-state index contributed by atoms with van der Waals surface area (Å²) in [4.78, 5) is 30.2. The maximum Gasteiger partial charge on any atom is 0.241 e. The van der Waals surface area contributed by atoms with E-state index in [9.17, 15) is 9.59 Å². The largest absolute Gasteiger partial charge is 0.461 e. The second-order valence-electron chi connectivity index (χ2n) is 7.30. The standard InChI is InChI=1S/C23H22ClN3O3/c1-3-20-14(2)19-10-18(8-9-21(19)30-20)26-23-25-11-16(13-28)22(29)27(23)12-15-4-6-17(24)7-5-15/h4-10,13,16H,3,11-12H2,1-2H3,(H,25,26). The molecule has 0 aliphatic carbocycles. The lowest BCUT2D eigenvalue weighted by Crippen LogP contribution is -2.48. The molecule has 7 heteroatoms. The Morgan fingerprint density at radius 3 is 2.73 bits per heavy atom. The molecule has 0 radical (unpaired) electrons. The highest BCUT2D eigenvalue weighted by molar-refractivity contribution is 6.30. The Balaban J connectivity index is 1.64. The Kier molecular flexibility index (Phi) is 5.59. The molecule has 1 aromatic heterocycles. The normalized spacial score (nSPS) is 16.6.